The minimum Gasteiger partial charge on any atom is -0.392 e. The molecule has 1 aliphatic rings. The van der Waals surface area contributed by atoms with Crippen molar-refractivity contribution >= 4 is 21.4 Å². The molecule has 4 nitrogen and oxygen atoms in total. The van der Waals surface area contributed by atoms with Crippen LogP contribution in [0.1, 0.15) is 12.8 Å². The number of hydrogen-bond donors (Lipinski definition) is 1. The lowest BCUT2D eigenvalue weighted by atomic mass is 10.1. The van der Waals surface area contributed by atoms with Gasteiger partial charge in [-0.25, -0.2) is 8.42 Å². The molecule has 1 saturated heterocycles. The normalized spacial score (nSPS) is 21.5. The fourth-order valence-corrected chi connectivity index (χ4v) is 3.65. The van der Waals surface area contributed by atoms with Crippen molar-refractivity contribution in [2.45, 2.75) is 23.8 Å². The Hall–Kier alpha value is -0.620. The average Bonchev–Trinajstić information content (AvgIpc) is 2.37. The number of rotatable bonds is 4. The molecule has 2 rings (SSSR count). The SMILES string of the molecule is O=S(=O)(CCN1CCC[C@@H](O)C1)c1ccc(Cl)cc1. The van der Waals surface area contributed by atoms with Crippen LogP contribution in [0.15, 0.2) is 29.2 Å². The third-order valence-electron chi connectivity index (χ3n) is 3.33. The summed E-state index contributed by atoms with van der Waals surface area (Å²) in [6.45, 7) is 1.88. The van der Waals surface area contributed by atoms with E-state index in [1.165, 1.54) is 12.1 Å². The fraction of sp³-hybridized carbons (Fsp3) is 0.538. The first-order chi connectivity index (χ1) is 8.97. The van der Waals surface area contributed by atoms with E-state index in [0.29, 0.717) is 23.0 Å². The number of hydrogen-bond acceptors (Lipinski definition) is 4. The van der Waals surface area contributed by atoms with E-state index in [0.717, 1.165) is 19.4 Å². The molecule has 1 fully saturated rings. The Morgan fingerprint density at radius 1 is 1.32 bits per heavy atom. The molecule has 0 radical (unpaired) electrons. The molecule has 106 valence electrons. The Labute approximate surface area is 118 Å². The second kappa shape index (κ2) is 6.22. The molecule has 0 amide bonds. The number of sulfone groups is 1. The monoisotopic (exact) mass is 303 g/mol. The van der Waals surface area contributed by atoms with Gasteiger partial charge in [0.1, 0.15) is 0 Å². The quantitative estimate of drug-likeness (QED) is 0.917. The van der Waals surface area contributed by atoms with Crippen LogP contribution < -0.4 is 0 Å². The first-order valence-corrected chi connectivity index (χ1v) is 8.39. The zero-order valence-corrected chi connectivity index (χ0v) is 12.2. The maximum Gasteiger partial charge on any atom is 0.179 e. The summed E-state index contributed by atoms with van der Waals surface area (Å²) in [5, 5.41) is 10.1. The van der Waals surface area contributed by atoms with Gasteiger partial charge in [0.05, 0.1) is 16.8 Å². The Morgan fingerprint density at radius 2 is 2.00 bits per heavy atom. The lowest BCUT2D eigenvalue weighted by molar-refractivity contribution is 0.0741. The van der Waals surface area contributed by atoms with Crippen LogP contribution in [0.5, 0.6) is 0 Å². The number of aliphatic hydroxyl groups is 1. The largest absolute Gasteiger partial charge is 0.392 e. The molecule has 1 atom stereocenters. The van der Waals surface area contributed by atoms with Crippen molar-refractivity contribution in [3.05, 3.63) is 29.3 Å². The highest BCUT2D eigenvalue weighted by Crippen LogP contribution is 2.16. The summed E-state index contributed by atoms with van der Waals surface area (Å²) in [4.78, 5) is 2.30. The van der Waals surface area contributed by atoms with Crippen molar-refractivity contribution in [1.82, 2.24) is 4.90 Å². The van der Waals surface area contributed by atoms with Crippen LogP contribution in [-0.2, 0) is 9.84 Å². The smallest absolute Gasteiger partial charge is 0.179 e. The van der Waals surface area contributed by atoms with Gasteiger partial charge in [-0.05, 0) is 43.7 Å². The molecular weight excluding hydrogens is 286 g/mol. The topological polar surface area (TPSA) is 57.6 Å². The number of likely N-dealkylation sites (tertiary alicyclic amines) is 1. The first-order valence-electron chi connectivity index (χ1n) is 6.36. The zero-order chi connectivity index (χ0) is 13.9. The number of benzene rings is 1. The number of aliphatic hydroxyl groups excluding tert-OH is 1. The first kappa shape index (κ1) is 14.8. The van der Waals surface area contributed by atoms with Gasteiger partial charge in [0.2, 0.25) is 0 Å². The number of halogens is 1. The molecule has 0 bridgehead atoms. The molecule has 0 spiro atoms. The van der Waals surface area contributed by atoms with E-state index in [-0.39, 0.29) is 11.9 Å². The van der Waals surface area contributed by atoms with Crippen LogP contribution in [0.4, 0.5) is 0 Å². The summed E-state index contributed by atoms with van der Waals surface area (Å²) in [6.07, 6.45) is 1.40. The summed E-state index contributed by atoms with van der Waals surface area (Å²) in [7, 11) is -3.28. The molecule has 1 aliphatic heterocycles. The Morgan fingerprint density at radius 3 is 2.63 bits per heavy atom. The molecule has 19 heavy (non-hydrogen) atoms. The lowest BCUT2D eigenvalue weighted by Crippen LogP contribution is -2.40. The summed E-state index contributed by atoms with van der Waals surface area (Å²) in [6, 6.07) is 6.23. The summed E-state index contributed by atoms with van der Waals surface area (Å²) >= 11 is 5.75. The van der Waals surface area contributed by atoms with E-state index in [1.807, 2.05) is 4.90 Å². The second-order valence-corrected chi connectivity index (χ2v) is 7.42. The van der Waals surface area contributed by atoms with Gasteiger partial charge in [0, 0.05) is 18.1 Å². The van der Waals surface area contributed by atoms with Crippen molar-refractivity contribution in [2.75, 3.05) is 25.4 Å². The Bertz CT molecular complexity index is 515. The minimum atomic E-state index is -3.28. The molecule has 0 unspecified atom stereocenters. The molecule has 1 heterocycles. The Balaban J connectivity index is 1.96. The third-order valence-corrected chi connectivity index (χ3v) is 5.29. The van der Waals surface area contributed by atoms with E-state index in [2.05, 4.69) is 0 Å². The lowest BCUT2D eigenvalue weighted by Gasteiger charge is -2.29. The van der Waals surface area contributed by atoms with Crippen LogP contribution in [-0.4, -0.2) is 49.9 Å². The van der Waals surface area contributed by atoms with Gasteiger partial charge < -0.3 is 5.11 Å². The molecule has 0 saturated carbocycles. The minimum absolute atomic E-state index is 0.0708. The summed E-state index contributed by atoms with van der Waals surface area (Å²) < 4.78 is 24.3. The van der Waals surface area contributed by atoms with Crippen LogP contribution in [0.3, 0.4) is 0 Å². The molecule has 0 aliphatic carbocycles. The van der Waals surface area contributed by atoms with Gasteiger partial charge in [-0.3, -0.25) is 4.90 Å². The van der Waals surface area contributed by atoms with Crippen molar-refractivity contribution < 1.29 is 13.5 Å². The van der Waals surface area contributed by atoms with Crippen molar-refractivity contribution in [3.63, 3.8) is 0 Å². The number of β-amino-alcohol motifs (C(OH)–C–C–N with tert-alkyl or cyclic N) is 1. The van der Waals surface area contributed by atoms with Gasteiger partial charge in [-0.15, -0.1) is 0 Å². The highest BCUT2D eigenvalue weighted by molar-refractivity contribution is 7.91. The van der Waals surface area contributed by atoms with E-state index < -0.39 is 9.84 Å². The van der Waals surface area contributed by atoms with E-state index in [4.69, 9.17) is 11.6 Å². The molecule has 6 heteroatoms. The molecule has 0 aromatic heterocycles. The van der Waals surface area contributed by atoms with Crippen molar-refractivity contribution in [1.29, 1.82) is 0 Å². The zero-order valence-electron chi connectivity index (χ0n) is 10.6. The highest BCUT2D eigenvalue weighted by atomic mass is 35.5. The highest BCUT2D eigenvalue weighted by Gasteiger charge is 2.21. The number of nitrogens with zero attached hydrogens (tertiary/aromatic N) is 1. The van der Waals surface area contributed by atoms with Gasteiger partial charge in [0.25, 0.3) is 0 Å². The van der Waals surface area contributed by atoms with E-state index in [1.54, 1.807) is 12.1 Å². The summed E-state index contributed by atoms with van der Waals surface area (Å²) in [5.74, 6) is 0.0708. The van der Waals surface area contributed by atoms with Gasteiger partial charge >= 0.3 is 0 Å². The van der Waals surface area contributed by atoms with Crippen LogP contribution in [0.2, 0.25) is 5.02 Å². The van der Waals surface area contributed by atoms with E-state index in [9.17, 15) is 13.5 Å². The average molecular weight is 304 g/mol. The van der Waals surface area contributed by atoms with Gasteiger partial charge in [0.15, 0.2) is 9.84 Å². The summed E-state index contributed by atoms with van der Waals surface area (Å²) in [5.41, 5.74) is 0. The van der Waals surface area contributed by atoms with Crippen LogP contribution in [0, 0.1) is 0 Å². The van der Waals surface area contributed by atoms with E-state index >= 15 is 0 Å². The van der Waals surface area contributed by atoms with Crippen LogP contribution >= 0.6 is 11.6 Å². The third kappa shape index (κ3) is 4.18. The maximum atomic E-state index is 12.1. The maximum absolute atomic E-state index is 12.1. The van der Waals surface area contributed by atoms with Crippen molar-refractivity contribution in [2.24, 2.45) is 0 Å². The molecule has 1 aromatic carbocycles. The standard InChI is InChI=1S/C13H18ClNO3S/c14-11-3-5-13(6-4-11)19(17,18)9-8-15-7-1-2-12(16)10-15/h3-6,12,16H,1-2,7-10H2/t12-/m1/s1. The molecular formula is C13H18ClNO3S. The Kier molecular flexibility index (Phi) is 4.84. The number of piperidine rings is 1. The van der Waals surface area contributed by atoms with Gasteiger partial charge in [-0.2, -0.15) is 0 Å². The van der Waals surface area contributed by atoms with Gasteiger partial charge in [-0.1, -0.05) is 11.6 Å². The predicted molar refractivity (Wildman–Crippen MR) is 75.2 cm³/mol. The fourth-order valence-electron chi connectivity index (χ4n) is 2.24. The second-order valence-electron chi connectivity index (χ2n) is 4.87. The van der Waals surface area contributed by atoms with Crippen LogP contribution in [0.25, 0.3) is 0 Å². The molecule has 1 aromatic rings. The predicted octanol–water partition coefficient (Wildman–Crippen LogP) is 1.57. The van der Waals surface area contributed by atoms with Crippen molar-refractivity contribution in [3.8, 4) is 0 Å². The molecule has 1 N–H and O–H groups in total.